The van der Waals surface area contributed by atoms with Crippen molar-refractivity contribution in [2.75, 3.05) is 13.2 Å². The van der Waals surface area contributed by atoms with E-state index < -0.39 is 0 Å². The quantitative estimate of drug-likeness (QED) is 0.476. The molecule has 0 aromatic heterocycles. The Morgan fingerprint density at radius 3 is 2.12 bits per heavy atom. The predicted molar refractivity (Wildman–Crippen MR) is 64.0 cm³/mol. The van der Waals surface area contributed by atoms with Crippen LogP contribution in [0.2, 0.25) is 0 Å². The van der Waals surface area contributed by atoms with Gasteiger partial charge in [0.2, 0.25) is 0 Å². The molecule has 0 unspecified atom stereocenters. The summed E-state index contributed by atoms with van der Waals surface area (Å²) in [6.45, 7) is 1.62. The maximum atomic E-state index is 5.62. The van der Waals surface area contributed by atoms with Gasteiger partial charge < -0.3 is 9.47 Å². The van der Waals surface area contributed by atoms with Crippen LogP contribution in [0.25, 0.3) is 0 Å². The second-order valence-corrected chi connectivity index (χ2v) is 4.21. The van der Waals surface area contributed by atoms with Gasteiger partial charge in [-0.25, -0.2) is 0 Å². The van der Waals surface area contributed by atoms with Crippen LogP contribution in [0, 0.1) is 6.07 Å². The standard InChI is InChI=1S/C14H19O2.Li/c1-2-4-6-12-16-14-9-7-13(8-10-14)15-11-5-3-1;/h7-9H,1-6,11-12H2;/q-1;+1. The number of rotatable bonds is 0. The molecular weight excluding hydrogens is 207 g/mol. The number of benzene rings is 1. The second-order valence-electron chi connectivity index (χ2n) is 4.21. The van der Waals surface area contributed by atoms with E-state index in [1.165, 1.54) is 25.7 Å². The van der Waals surface area contributed by atoms with Crippen molar-refractivity contribution in [3.8, 4) is 11.5 Å². The first-order valence-corrected chi connectivity index (χ1v) is 6.22. The minimum atomic E-state index is 0. The monoisotopic (exact) mass is 226 g/mol. The predicted octanol–water partition coefficient (Wildman–Crippen LogP) is 0.603. The van der Waals surface area contributed by atoms with Crippen molar-refractivity contribution in [3.63, 3.8) is 0 Å². The second kappa shape index (κ2) is 8.50. The van der Waals surface area contributed by atoms with Crippen molar-refractivity contribution in [1.82, 2.24) is 0 Å². The molecule has 0 spiro atoms. The Hall–Kier alpha value is -0.583. The van der Waals surface area contributed by atoms with E-state index in [0.29, 0.717) is 0 Å². The Morgan fingerprint density at radius 2 is 1.47 bits per heavy atom. The van der Waals surface area contributed by atoms with Gasteiger partial charge in [-0.15, -0.1) is 24.3 Å². The Morgan fingerprint density at radius 1 is 0.824 bits per heavy atom. The summed E-state index contributed by atoms with van der Waals surface area (Å²) in [6.07, 6.45) is 7.45. The van der Waals surface area contributed by atoms with Gasteiger partial charge in [-0.3, -0.25) is 0 Å². The zero-order valence-corrected chi connectivity index (χ0v) is 10.7. The smallest absolute Gasteiger partial charge is 0.551 e. The third-order valence-corrected chi connectivity index (χ3v) is 2.82. The Balaban J connectivity index is 0.00000144. The molecule has 2 nitrogen and oxygen atoms in total. The van der Waals surface area contributed by atoms with Crippen molar-refractivity contribution in [2.24, 2.45) is 0 Å². The van der Waals surface area contributed by atoms with Crippen LogP contribution in [-0.2, 0) is 0 Å². The summed E-state index contributed by atoms with van der Waals surface area (Å²) in [4.78, 5) is 0. The molecule has 0 saturated carbocycles. The maximum Gasteiger partial charge on any atom is 1.00 e. The molecule has 0 N–H and O–H groups in total. The van der Waals surface area contributed by atoms with Crippen LogP contribution in [0.15, 0.2) is 18.2 Å². The maximum absolute atomic E-state index is 5.62. The van der Waals surface area contributed by atoms with E-state index in [1.807, 2.05) is 18.2 Å². The van der Waals surface area contributed by atoms with Crippen molar-refractivity contribution < 1.29 is 28.3 Å². The molecule has 3 heteroatoms. The average molecular weight is 226 g/mol. The van der Waals surface area contributed by atoms with Gasteiger partial charge in [0.05, 0.1) is 13.2 Å². The first kappa shape index (κ1) is 14.5. The number of hydrogen-bond acceptors (Lipinski definition) is 2. The van der Waals surface area contributed by atoms with E-state index in [2.05, 4.69) is 6.07 Å². The molecule has 0 saturated heterocycles. The van der Waals surface area contributed by atoms with Gasteiger partial charge in [0.1, 0.15) is 0 Å². The third-order valence-electron chi connectivity index (χ3n) is 2.82. The SMILES string of the molecule is [Li+].[c-]1cc2ccc1OCCCCCCCCO2. The van der Waals surface area contributed by atoms with E-state index in [9.17, 15) is 0 Å². The summed E-state index contributed by atoms with van der Waals surface area (Å²) in [5, 5.41) is 0. The molecule has 17 heavy (non-hydrogen) atoms. The minimum absolute atomic E-state index is 0. The first-order chi connectivity index (χ1) is 7.95. The van der Waals surface area contributed by atoms with Gasteiger partial charge in [-0.2, -0.15) is 0 Å². The fourth-order valence-electron chi connectivity index (χ4n) is 1.86. The van der Waals surface area contributed by atoms with Gasteiger partial charge in [0.15, 0.2) is 0 Å². The normalized spacial score (nSPS) is 17.2. The molecular formula is C14H19LiO2. The van der Waals surface area contributed by atoms with Crippen molar-refractivity contribution in [2.45, 2.75) is 38.5 Å². The van der Waals surface area contributed by atoms with Gasteiger partial charge >= 0.3 is 18.9 Å². The molecule has 2 aliphatic heterocycles. The molecule has 1 aromatic rings. The van der Waals surface area contributed by atoms with Crippen LogP contribution in [-0.4, -0.2) is 13.2 Å². The van der Waals surface area contributed by atoms with E-state index in [-0.39, 0.29) is 18.9 Å². The molecule has 0 radical (unpaired) electrons. The number of fused-ring (bicyclic) bond motifs is 11. The topological polar surface area (TPSA) is 18.5 Å². The molecule has 2 bridgehead atoms. The summed E-state index contributed by atoms with van der Waals surface area (Å²) >= 11 is 0. The summed E-state index contributed by atoms with van der Waals surface area (Å²) in [5.41, 5.74) is 0. The van der Waals surface area contributed by atoms with Gasteiger partial charge in [0.25, 0.3) is 0 Å². The van der Waals surface area contributed by atoms with E-state index in [4.69, 9.17) is 9.47 Å². The molecule has 3 rings (SSSR count). The Bertz CT molecular complexity index is 267. The zero-order valence-electron chi connectivity index (χ0n) is 10.7. The van der Waals surface area contributed by atoms with Gasteiger partial charge in [-0.1, -0.05) is 25.7 Å². The average Bonchev–Trinajstić information content (AvgIpc) is 2.33. The van der Waals surface area contributed by atoms with Crippen LogP contribution in [0.1, 0.15) is 38.5 Å². The Kier molecular flexibility index (Phi) is 7.24. The number of ether oxygens (including phenoxy) is 2. The molecule has 0 fully saturated rings. The molecule has 0 atom stereocenters. The third kappa shape index (κ3) is 5.52. The number of hydrogen-bond donors (Lipinski definition) is 0. The van der Waals surface area contributed by atoms with Crippen molar-refractivity contribution >= 4 is 0 Å². The van der Waals surface area contributed by atoms with Crippen molar-refractivity contribution in [3.05, 3.63) is 24.3 Å². The molecule has 0 aliphatic carbocycles. The molecule has 1 aromatic carbocycles. The van der Waals surface area contributed by atoms with Crippen LogP contribution in [0.3, 0.4) is 0 Å². The van der Waals surface area contributed by atoms with E-state index >= 15 is 0 Å². The molecule has 2 heterocycles. The van der Waals surface area contributed by atoms with Crippen LogP contribution >= 0.6 is 0 Å². The van der Waals surface area contributed by atoms with Gasteiger partial charge in [0, 0.05) is 11.5 Å². The minimum Gasteiger partial charge on any atom is -0.551 e. The summed E-state index contributed by atoms with van der Waals surface area (Å²) in [6, 6.07) is 8.84. The fourth-order valence-corrected chi connectivity index (χ4v) is 1.86. The van der Waals surface area contributed by atoms with E-state index in [0.717, 1.165) is 37.6 Å². The first-order valence-electron chi connectivity index (χ1n) is 6.22. The zero-order chi connectivity index (χ0) is 11.1. The summed E-state index contributed by atoms with van der Waals surface area (Å²) in [5.74, 6) is 1.72. The molecule has 2 aliphatic rings. The van der Waals surface area contributed by atoms with Gasteiger partial charge in [-0.05, 0) is 12.8 Å². The van der Waals surface area contributed by atoms with Crippen LogP contribution in [0.5, 0.6) is 11.5 Å². The Labute approximate surface area is 116 Å². The van der Waals surface area contributed by atoms with Crippen LogP contribution in [0.4, 0.5) is 0 Å². The largest absolute Gasteiger partial charge is 1.00 e. The molecule has 0 amide bonds. The summed E-state index contributed by atoms with van der Waals surface area (Å²) in [7, 11) is 0. The molecule has 88 valence electrons. The fraction of sp³-hybridized carbons (Fsp3) is 0.571. The van der Waals surface area contributed by atoms with E-state index in [1.54, 1.807) is 0 Å². The van der Waals surface area contributed by atoms with Crippen molar-refractivity contribution in [1.29, 1.82) is 0 Å². The summed E-state index contributed by atoms with van der Waals surface area (Å²) < 4.78 is 11.2. The van der Waals surface area contributed by atoms with Crippen LogP contribution < -0.4 is 28.3 Å².